The van der Waals surface area contributed by atoms with E-state index in [9.17, 15) is 9.59 Å². The minimum Gasteiger partial charge on any atom is -0.493 e. The molecule has 0 radical (unpaired) electrons. The van der Waals surface area contributed by atoms with E-state index in [4.69, 9.17) is 18.9 Å². The van der Waals surface area contributed by atoms with E-state index in [0.29, 0.717) is 22.8 Å². The van der Waals surface area contributed by atoms with Crippen molar-refractivity contribution in [2.45, 2.75) is 6.92 Å². The summed E-state index contributed by atoms with van der Waals surface area (Å²) in [6.07, 6.45) is 1.38. The first-order chi connectivity index (χ1) is 16.4. The van der Waals surface area contributed by atoms with Gasteiger partial charge in [-0.2, -0.15) is 5.10 Å². The van der Waals surface area contributed by atoms with E-state index in [0.717, 1.165) is 10.0 Å². The third-order valence-corrected chi connectivity index (χ3v) is 5.07. The molecule has 0 unspecified atom stereocenters. The van der Waals surface area contributed by atoms with Gasteiger partial charge in [-0.1, -0.05) is 33.6 Å². The lowest BCUT2D eigenvalue weighted by Crippen LogP contribution is -2.24. The van der Waals surface area contributed by atoms with E-state index < -0.39 is 11.9 Å². The molecule has 3 aromatic rings. The maximum Gasteiger partial charge on any atom is 0.343 e. The van der Waals surface area contributed by atoms with E-state index >= 15 is 0 Å². The summed E-state index contributed by atoms with van der Waals surface area (Å²) >= 11 is 3.38. The van der Waals surface area contributed by atoms with Crippen LogP contribution in [0.2, 0.25) is 0 Å². The number of carbonyl (C=O) groups excluding carboxylic acids is 2. The first kappa shape index (κ1) is 24.8. The number of amides is 1. The average molecular weight is 527 g/mol. The number of nitrogens with one attached hydrogen (secondary N) is 1. The highest BCUT2D eigenvalue weighted by molar-refractivity contribution is 9.10. The highest BCUT2D eigenvalue weighted by Crippen LogP contribution is 2.29. The Morgan fingerprint density at radius 3 is 2.35 bits per heavy atom. The van der Waals surface area contributed by atoms with Crippen LogP contribution in [0, 0.1) is 6.92 Å². The van der Waals surface area contributed by atoms with Gasteiger partial charge in [-0.3, -0.25) is 4.79 Å². The van der Waals surface area contributed by atoms with E-state index in [-0.39, 0.29) is 17.9 Å². The molecule has 0 saturated carbocycles. The fourth-order valence-corrected chi connectivity index (χ4v) is 3.20. The summed E-state index contributed by atoms with van der Waals surface area (Å²) in [5.74, 6) is 0.727. The monoisotopic (exact) mass is 526 g/mol. The number of halogens is 1. The van der Waals surface area contributed by atoms with Gasteiger partial charge in [0.05, 0.1) is 26.0 Å². The van der Waals surface area contributed by atoms with Crippen molar-refractivity contribution in [1.29, 1.82) is 0 Å². The van der Waals surface area contributed by atoms with Gasteiger partial charge >= 0.3 is 5.97 Å². The molecule has 3 aromatic carbocycles. The number of aryl methyl sites for hydroxylation is 1. The van der Waals surface area contributed by atoms with Gasteiger partial charge in [0.15, 0.2) is 18.1 Å². The van der Waals surface area contributed by atoms with Crippen molar-refractivity contribution in [3.05, 3.63) is 81.8 Å². The molecule has 1 N–H and O–H groups in total. The lowest BCUT2D eigenvalue weighted by atomic mass is 10.2. The summed E-state index contributed by atoms with van der Waals surface area (Å²) in [5, 5.41) is 3.95. The van der Waals surface area contributed by atoms with Crippen LogP contribution in [0.15, 0.2) is 70.2 Å². The van der Waals surface area contributed by atoms with Crippen LogP contribution in [0.4, 0.5) is 0 Å². The highest BCUT2D eigenvalue weighted by atomic mass is 79.9. The maximum atomic E-state index is 12.7. The van der Waals surface area contributed by atoms with Gasteiger partial charge in [-0.15, -0.1) is 0 Å². The molecule has 9 heteroatoms. The molecule has 0 bridgehead atoms. The van der Waals surface area contributed by atoms with Crippen LogP contribution in [0.5, 0.6) is 23.0 Å². The molecule has 0 fully saturated rings. The highest BCUT2D eigenvalue weighted by Gasteiger charge is 2.15. The van der Waals surface area contributed by atoms with E-state index in [1.54, 1.807) is 42.5 Å². The number of benzene rings is 3. The molecule has 3 rings (SSSR count). The topological polar surface area (TPSA) is 95.5 Å². The van der Waals surface area contributed by atoms with Crippen molar-refractivity contribution in [2.75, 3.05) is 20.8 Å². The lowest BCUT2D eigenvalue weighted by molar-refractivity contribution is -0.123. The first-order valence-electron chi connectivity index (χ1n) is 10.1. The Balaban J connectivity index is 1.65. The summed E-state index contributed by atoms with van der Waals surface area (Å²) in [6.45, 7) is 1.77. The third-order valence-electron chi connectivity index (χ3n) is 4.58. The predicted octanol–water partition coefficient (Wildman–Crippen LogP) is 4.52. The second kappa shape index (κ2) is 11.9. The molecule has 0 aliphatic carbocycles. The van der Waals surface area contributed by atoms with E-state index in [1.165, 1.54) is 26.5 Å². The zero-order valence-corrected chi connectivity index (χ0v) is 20.4. The van der Waals surface area contributed by atoms with Gasteiger partial charge in [0.2, 0.25) is 0 Å². The van der Waals surface area contributed by atoms with Crippen LogP contribution in [0.3, 0.4) is 0 Å². The van der Waals surface area contributed by atoms with Gasteiger partial charge < -0.3 is 18.9 Å². The number of ether oxygens (including phenoxy) is 4. The number of rotatable bonds is 9. The van der Waals surface area contributed by atoms with Crippen LogP contribution in [0.1, 0.15) is 21.5 Å². The fourth-order valence-electron chi connectivity index (χ4n) is 2.82. The summed E-state index contributed by atoms with van der Waals surface area (Å²) < 4.78 is 22.1. The third kappa shape index (κ3) is 6.82. The number of hydrogen-bond acceptors (Lipinski definition) is 7. The average Bonchev–Trinajstić information content (AvgIpc) is 2.84. The zero-order valence-electron chi connectivity index (χ0n) is 18.8. The Morgan fingerprint density at radius 2 is 1.65 bits per heavy atom. The van der Waals surface area contributed by atoms with E-state index in [1.807, 2.05) is 19.1 Å². The molecule has 0 atom stereocenters. The van der Waals surface area contributed by atoms with Crippen molar-refractivity contribution in [3.8, 4) is 23.0 Å². The number of nitrogens with zero attached hydrogens (tertiary/aromatic N) is 1. The lowest BCUT2D eigenvalue weighted by Gasteiger charge is -2.11. The Labute approximate surface area is 205 Å². The molecule has 176 valence electrons. The van der Waals surface area contributed by atoms with Crippen molar-refractivity contribution in [1.82, 2.24) is 5.43 Å². The maximum absolute atomic E-state index is 12.7. The quantitative estimate of drug-likeness (QED) is 0.190. The number of esters is 1. The number of hydrogen-bond donors (Lipinski definition) is 1. The molecular formula is C25H23BrN2O6. The van der Waals surface area contributed by atoms with Gasteiger partial charge in [-0.05, 0) is 55.5 Å². The summed E-state index contributed by atoms with van der Waals surface area (Å²) in [4.78, 5) is 24.7. The Hall–Kier alpha value is -3.85. The van der Waals surface area contributed by atoms with Gasteiger partial charge in [-0.25, -0.2) is 10.2 Å². The SMILES string of the molecule is COc1ccc(C(=O)Oc2ccc(Br)cc2/C=N/NC(=O)COc2ccc(C)cc2)cc1OC. The zero-order chi connectivity index (χ0) is 24.5. The normalized spacial score (nSPS) is 10.6. The molecule has 0 aromatic heterocycles. The van der Waals surface area contributed by atoms with Crippen LogP contribution >= 0.6 is 15.9 Å². The molecular weight excluding hydrogens is 504 g/mol. The number of methoxy groups -OCH3 is 2. The Bertz CT molecular complexity index is 1190. The molecule has 8 nitrogen and oxygen atoms in total. The van der Waals surface area contributed by atoms with Crippen LogP contribution in [0.25, 0.3) is 0 Å². The second-order valence-corrected chi connectivity index (χ2v) is 7.95. The van der Waals surface area contributed by atoms with Crippen LogP contribution < -0.4 is 24.4 Å². The number of carbonyl (C=O) groups is 2. The Kier molecular flexibility index (Phi) is 8.64. The number of hydrazone groups is 1. The van der Waals surface area contributed by atoms with Gasteiger partial charge in [0, 0.05) is 10.0 Å². The fraction of sp³-hybridized carbons (Fsp3) is 0.160. The largest absolute Gasteiger partial charge is 0.493 e. The molecule has 1 amide bonds. The molecule has 0 aliphatic heterocycles. The minimum absolute atomic E-state index is 0.194. The van der Waals surface area contributed by atoms with Crippen LogP contribution in [-0.4, -0.2) is 38.9 Å². The van der Waals surface area contributed by atoms with Crippen LogP contribution in [-0.2, 0) is 4.79 Å². The minimum atomic E-state index is -0.589. The van der Waals surface area contributed by atoms with Gasteiger partial charge in [0.25, 0.3) is 5.91 Å². The second-order valence-electron chi connectivity index (χ2n) is 7.04. The van der Waals surface area contributed by atoms with Crippen molar-refractivity contribution in [3.63, 3.8) is 0 Å². The molecule has 0 spiro atoms. The van der Waals surface area contributed by atoms with Crippen molar-refractivity contribution >= 4 is 34.0 Å². The standard InChI is InChI=1S/C25H23BrN2O6/c1-16-4-8-20(9-5-16)33-15-24(29)28-27-14-18-12-19(26)7-11-21(18)34-25(30)17-6-10-22(31-2)23(13-17)32-3/h4-14H,15H2,1-3H3,(H,28,29)/b27-14+. The molecule has 0 aliphatic rings. The predicted molar refractivity (Wildman–Crippen MR) is 131 cm³/mol. The van der Waals surface area contributed by atoms with E-state index in [2.05, 4.69) is 26.5 Å². The summed E-state index contributed by atoms with van der Waals surface area (Å²) in [6, 6.07) is 17.1. The summed E-state index contributed by atoms with van der Waals surface area (Å²) in [5.41, 5.74) is 4.24. The van der Waals surface area contributed by atoms with Crippen molar-refractivity contribution in [2.24, 2.45) is 5.10 Å². The summed E-state index contributed by atoms with van der Waals surface area (Å²) in [7, 11) is 2.99. The first-order valence-corrected chi connectivity index (χ1v) is 10.9. The molecule has 0 saturated heterocycles. The smallest absolute Gasteiger partial charge is 0.343 e. The van der Waals surface area contributed by atoms with Crippen molar-refractivity contribution < 1.29 is 28.5 Å². The molecule has 0 heterocycles. The Morgan fingerprint density at radius 1 is 0.941 bits per heavy atom. The molecule has 34 heavy (non-hydrogen) atoms. The van der Waals surface area contributed by atoms with Gasteiger partial charge in [0.1, 0.15) is 11.5 Å².